The second-order valence-corrected chi connectivity index (χ2v) is 7.04. The Balaban J connectivity index is 1.63. The standard InChI is InChI=1S/C19H27N5O/c1-14-6-4-5-7-18(14)22-19(25)23(3)15(2)16-8-10-17(11-9-16)24-13-20-12-21-24/h8-15,18H,4-7H2,1-3H3,(H,22,25). The van der Waals surface area contributed by atoms with E-state index in [1.54, 1.807) is 15.9 Å². The summed E-state index contributed by atoms with van der Waals surface area (Å²) >= 11 is 0. The molecule has 134 valence electrons. The molecule has 0 spiro atoms. The molecule has 2 aromatic rings. The predicted molar refractivity (Wildman–Crippen MR) is 97.5 cm³/mol. The molecule has 1 N–H and O–H groups in total. The first kappa shape index (κ1) is 17.5. The summed E-state index contributed by atoms with van der Waals surface area (Å²) in [6.45, 7) is 4.28. The van der Waals surface area contributed by atoms with Gasteiger partial charge in [-0.25, -0.2) is 14.5 Å². The second kappa shape index (κ2) is 7.68. The number of benzene rings is 1. The van der Waals surface area contributed by atoms with Gasteiger partial charge in [0.2, 0.25) is 0 Å². The van der Waals surface area contributed by atoms with Crippen LogP contribution in [0, 0.1) is 5.92 Å². The Labute approximate surface area is 149 Å². The molecule has 1 heterocycles. The second-order valence-electron chi connectivity index (χ2n) is 7.04. The maximum absolute atomic E-state index is 12.6. The molecule has 1 aliphatic carbocycles. The van der Waals surface area contributed by atoms with Gasteiger partial charge in [-0.1, -0.05) is 31.9 Å². The van der Waals surface area contributed by atoms with Gasteiger partial charge in [-0.05, 0) is 43.4 Å². The Morgan fingerprint density at radius 2 is 2.00 bits per heavy atom. The molecule has 6 heteroatoms. The van der Waals surface area contributed by atoms with Crippen molar-refractivity contribution in [1.82, 2.24) is 25.0 Å². The summed E-state index contributed by atoms with van der Waals surface area (Å²) in [6, 6.07) is 8.37. The molecule has 3 rings (SSSR count). The van der Waals surface area contributed by atoms with Crippen LogP contribution < -0.4 is 5.32 Å². The average Bonchev–Trinajstić information content (AvgIpc) is 3.17. The third-order valence-electron chi connectivity index (χ3n) is 5.38. The predicted octanol–water partition coefficient (Wildman–Crippen LogP) is 3.55. The molecule has 1 aromatic carbocycles. The molecule has 1 saturated carbocycles. The highest BCUT2D eigenvalue weighted by Crippen LogP contribution is 2.25. The largest absolute Gasteiger partial charge is 0.335 e. The van der Waals surface area contributed by atoms with E-state index in [4.69, 9.17) is 0 Å². The van der Waals surface area contributed by atoms with Gasteiger partial charge in [0, 0.05) is 13.1 Å². The number of amides is 2. The Bertz CT molecular complexity index is 682. The van der Waals surface area contributed by atoms with E-state index in [9.17, 15) is 4.79 Å². The number of rotatable bonds is 4. The van der Waals surface area contributed by atoms with Gasteiger partial charge in [-0.15, -0.1) is 0 Å². The number of hydrogen-bond donors (Lipinski definition) is 1. The van der Waals surface area contributed by atoms with Crippen molar-refractivity contribution in [2.24, 2.45) is 5.92 Å². The Morgan fingerprint density at radius 3 is 2.64 bits per heavy atom. The van der Waals surface area contributed by atoms with Crippen LogP contribution in [0.1, 0.15) is 51.1 Å². The highest BCUT2D eigenvalue weighted by Gasteiger charge is 2.25. The highest BCUT2D eigenvalue weighted by atomic mass is 16.2. The van der Waals surface area contributed by atoms with Crippen molar-refractivity contribution in [3.05, 3.63) is 42.5 Å². The van der Waals surface area contributed by atoms with Crippen molar-refractivity contribution in [1.29, 1.82) is 0 Å². The number of urea groups is 1. The van der Waals surface area contributed by atoms with Crippen LogP contribution >= 0.6 is 0 Å². The monoisotopic (exact) mass is 341 g/mol. The molecule has 3 atom stereocenters. The van der Waals surface area contributed by atoms with E-state index in [0.29, 0.717) is 12.0 Å². The first-order valence-corrected chi connectivity index (χ1v) is 9.04. The van der Waals surface area contributed by atoms with Gasteiger partial charge in [-0.2, -0.15) is 5.10 Å². The van der Waals surface area contributed by atoms with Gasteiger partial charge >= 0.3 is 6.03 Å². The number of nitrogens with one attached hydrogen (secondary N) is 1. The lowest BCUT2D eigenvalue weighted by molar-refractivity contribution is 0.179. The van der Waals surface area contributed by atoms with Gasteiger partial charge in [0.25, 0.3) is 0 Å². The first-order chi connectivity index (χ1) is 12.1. The van der Waals surface area contributed by atoms with Gasteiger partial charge in [0.1, 0.15) is 12.7 Å². The summed E-state index contributed by atoms with van der Waals surface area (Å²) in [5, 5.41) is 7.34. The van der Waals surface area contributed by atoms with E-state index in [0.717, 1.165) is 17.7 Å². The lowest BCUT2D eigenvalue weighted by atomic mass is 9.86. The van der Waals surface area contributed by atoms with Crippen molar-refractivity contribution in [3.63, 3.8) is 0 Å². The lowest BCUT2D eigenvalue weighted by Gasteiger charge is -2.33. The van der Waals surface area contributed by atoms with E-state index in [2.05, 4.69) is 22.3 Å². The third-order valence-corrected chi connectivity index (χ3v) is 5.38. The van der Waals surface area contributed by atoms with Crippen LogP contribution in [0.5, 0.6) is 0 Å². The van der Waals surface area contributed by atoms with E-state index >= 15 is 0 Å². The van der Waals surface area contributed by atoms with Crippen LogP contribution in [0.4, 0.5) is 4.79 Å². The summed E-state index contributed by atoms with van der Waals surface area (Å²) in [5.74, 6) is 0.559. The van der Waals surface area contributed by atoms with Crippen LogP contribution in [0.25, 0.3) is 5.69 Å². The lowest BCUT2D eigenvalue weighted by Crippen LogP contribution is -2.47. The molecule has 1 aliphatic rings. The zero-order chi connectivity index (χ0) is 17.8. The van der Waals surface area contributed by atoms with Crippen LogP contribution in [0.15, 0.2) is 36.9 Å². The van der Waals surface area contributed by atoms with Gasteiger partial charge in [-0.3, -0.25) is 0 Å². The van der Waals surface area contributed by atoms with Crippen molar-refractivity contribution in [2.75, 3.05) is 7.05 Å². The molecule has 1 fully saturated rings. The molecule has 0 saturated heterocycles. The van der Waals surface area contributed by atoms with Crippen molar-refractivity contribution in [2.45, 2.75) is 51.6 Å². The fourth-order valence-electron chi connectivity index (χ4n) is 3.44. The Kier molecular flexibility index (Phi) is 5.36. The zero-order valence-electron chi connectivity index (χ0n) is 15.2. The van der Waals surface area contributed by atoms with Crippen LogP contribution in [0.3, 0.4) is 0 Å². The molecular formula is C19H27N5O. The SMILES string of the molecule is CC1CCCCC1NC(=O)N(C)C(C)c1ccc(-n2cncn2)cc1. The topological polar surface area (TPSA) is 63.1 Å². The molecule has 6 nitrogen and oxygen atoms in total. The fraction of sp³-hybridized carbons (Fsp3) is 0.526. The first-order valence-electron chi connectivity index (χ1n) is 9.04. The summed E-state index contributed by atoms with van der Waals surface area (Å²) in [5.41, 5.74) is 2.05. The summed E-state index contributed by atoms with van der Waals surface area (Å²) in [6.07, 6.45) is 7.95. The summed E-state index contributed by atoms with van der Waals surface area (Å²) in [4.78, 5) is 18.4. The fourth-order valence-corrected chi connectivity index (χ4v) is 3.44. The summed E-state index contributed by atoms with van der Waals surface area (Å²) in [7, 11) is 1.86. The minimum Gasteiger partial charge on any atom is -0.335 e. The number of carbonyl (C=O) groups is 1. The zero-order valence-corrected chi connectivity index (χ0v) is 15.2. The van der Waals surface area contributed by atoms with Crippen LogP contribution in [-0.2, 0) is 0 Å². The van der Waals surface area contributed by atoms with Crippen molar-refractivity contribution >= 4 is 6.03 Å². The smallest absolute Gasteiger partial charge is 0.317 e. The van der Waals surface area contributed by atoms with Gasteiger partial charge in [0.05, 0.1) is 11.7 Å². The molecule has 2 amide bonds. The third kappa shape index (κ3) is 4.00. The van der Waals surface area contributed by atoms with E-state index < -0.39 is 0 Å². The quantitative estimate of drug-likeness (QED) is 0.925. The summed E-state index contributed by atoms with van der Waals surface area (Å²) < 4.78 is 1.72. The minimum atomic E-state index is 0.00342. The number of nitrogens with zero attached hydrogens (tertiary/aromatic N) is 4. The van der Waals surface area contributed by atoms with E-state index in [-0.39, 0.29) is 12.1 Å². The van der Waals surface area contributed by atoms with Gasteiger partial charge < -0.3 is 10.2 Å². The van der Waals surface area contributed by atoms with E-state index in [1.165, 1.54) is 25.6 Å². The molecule has 0 aliphatic heterocycles. The normalized spacial score (nSPS) is 21.6. The highest BCUT2D eigenvalue weighted by molar-refractivity contribution is 5.74. The number of hydrogen-bond acceptors (Lipinski definition) is 3. The maximum Gasteiger partial charge on any atom is 0.317 e. The molecule has 3 unspecified atom stereocenters. The Morgan fingerprint density at radius 1 is 1.28 bits per heavy atom. The van der Waals surface area contributed by atoms with Crippen LogP contribution in [-0.4, -0.2) is 38.8 Å². The van der Waals surface area contributed by atoms with Crippen molar-refractivity contribution < 1.29 is 4.79 Å². The van der Waals surface area contributed by atoms with Crippen molar-refractivity contribution in [3.8, 4) is 5.69 Å². The maximum atomic E-state index is 12.6. The Hall–Kier alpha value is -2.37. The average molecular weight is 341 g/mol. The number of aromatic nitrogens is 3. The van der Waals surface area contributed by atoms with E-state index in [1.807, 2.05) is 38.2 Å². The minimum absolute atomic E-state index is 0.00342. The van der Waals surface area contributed by atoms with Crippen LogP contribution in [0.2, 0.25) is 0 Å². The molecule has 25 heavy (non-hydrogen) atoms. The molecule has 1 aromatic heterocycles. The van der Waals surface area contributed by atoms with Gasteiger partial charge in [0.15, 0.2) is 0 Å². The number of carbonyl (C=O) groups excluding carboxylic acids is 1. The molecule has 0 radical (unpaired) electrons. The molecule has 0 bridgehead atoms. The molecular weight excluding hydrogens is 314 g/mol.